The van der Waals surface area contributed by atoms with Gasteiger partial charge in [-0.1, -0.05) is 0 Å². The van der Waals surface area contributed by atoms with Crippen LogP contribution in [0.2, 0.25) is 0 Å². The highest BCUT2D eigenvalue weighted by atomic mass is 19.1. The quantitative estimate of drug-likeness (QED) is 0.815. The standard InChI is InChI=1S/C16H13FN2O3/c1-19-8-10(7-18)4-14(19)16(20)21-9-13-6-11-5-12(17)2-3-15(11)22-13/h2-5,8,13H,6,9H2,1H3. The van der Waals surface area contributed by atoms with Gasteiger partial charge in [0.15, 0.2) is 0 Å². The first-order valence-electron chi connectivity index (χ1n) is 6.75. The Balaban J connectivity index is 1.61. The van der Waals surface area contributed by atoms with Gasteiger partial charge in [0, 0.05) is 25.2 Å². The minimum Gasteiger partial charge on any atom is -0.486 e. The van der Waals surface area contributed by atoms with Gasteiger partial charge in [-0.05, 0) is 24.3 Å². The minimum atomic E-state index is -0.519. The van der Waals surface area contributed by atoms with Crippen molar-refractivity contribution in [1.29, 1.82) is 5.26 Å². The van der Waals surface area contributed by atoms with E-state index in [0.29, 0.717) is 23.4 Å². The van der Waals surface area contributed by atoms with Crippen LogP contribution in [0.1, 0.15) is 21.6 Å². The summed E-state index contributed by atoms with van der Waals surface area (Å²) in [5.41, 5.74) is 1.47. The van der Waals surface area contributed by atoms with Gasteiger partial charge in [-0.2, -0.15) is 5.26 Å². The van der Waals surface area contributed by atoms with Crippen LogP contribution < -0.4 is 4.74 Å². The summed E-state index contributed by atoms with van der Waals surface area (Å²) < 4.78 is 25.5. The lowest BCUT2D eigenvalue weighted by molar-refractivity contribution is 0.0336. The number of rotatable bonds is 3. The number of carbonyl (C=O) groups excluding carboxylic acids is 1. The summed E-state index contributed by atoms with van der Waals surface area (Å²) >= 11 is 0. The van der Waals surface area contributed by atoms with E-state index in [9.17, 15) is 9.18 Å². The Labute approximate surface area is 126 Å². The lowest BCUT2D eigenvalue weighted by Crippen LogP contribution is -2.23. The third-order valence-electron chi connectivity index (χ3n) is 3.51. The van der Waals surface area contributed by atoms with Crippen LogP contribution in [0.5, 0.6) is 5.75 Å². The molecule has 0 saturated carbocycles. The van der Waals surface area contributed by atoms with E-state index < -0.39 is 5.97 Å². The second kappa shape index (κ2) is 5.53. The zero-order valence-corrected chi connectivity index (χ0v) is 11.9. The van der Waals surface area contributed by atoms with Gasteiger partial charge in [-0.3, -0.25) is 0 Å². The zero-order valence-electron chi connectivity index (χ0n) is 11.9. The molecule has 0 fully saturated rings. The first-order chi connectivity index (χ1) is 10.6. The number of nitrogens with zero attached hydrogens (tertiary/aromatic N) is 2. The molecule has 0 radical (unpaired) electrons. The number of aryl methyl sites for hydroxylation is 1. The van der Waals surface area contributed by atoms with E-state index in [1.54, 1.807) is 23.9 Å². The Bertz CT molecular complexity index is 776. The molecule has 1 atom stereocenters. The van der Waals surface area contributed by atoms with Crippen molar-refractivity contribution >= 4 is 5.97 Å². The Kier molecular flexibility index (Phi) is 3.55. The molecule has 1 unspecified atom stereocenters. The molecule has 22 heavy (non-hydrogen) atoms. The van der Waals surface area contributed by atoms with Gasteiger partial charge in [0.05, 0.1) is 5.56 Å². The van der Waals surface area contributed by atoms with E-state index in [1.807, 2.05) is 6.07 Å². The number of halogens is 1. The van der Waals surface area contributed by atoms with Crippen LogP contribution in [-0.2, 0) is 18.2 Å². The van der Waals surface area contributed by atoms with Crippen molar-refractivity contribution < 1.29 is 18.7 Å². The third-order valence-corrected chi connectivity index (χ3v) is 3.51. The molecule has 1 aliphatic rings. The van der Waals surface area contributed by atoms with E-state index in [-0.39, 0.29) is 18.5 Å². The normalized spacial score (nSPS) is 15.8. The molecular formula is C16H13FN2O3. The Morgan fingerprint density at radius 2 is 2.36 bits per heavy atom. The summed E-state index contributed by atoms with van der Waals surface area (Å²) in [7, 11) is 1.67. The maximum atomic E-state index is 13.1. The monoisotopic (exact) mass is 300 g/mol. The molecule has 0 spiro atoms. The fourth-order valence-corrected chi connectivity index (χ4v) is 2.45. The predicted molar refractivity (Wildman–Crippen MR) is 74.9 cm³/mol. The molecule has 3 rings (SSSR count). The molecule has 1 aliphatic heterocycles. The first kappa shape index (κ1) is 14.1. The van der Waals surface area contributed by atoms with Crippen LogP contribution >= 0.6 is 0 Å². The number of aromatic nitrogens is 1. The van der Waals surface area contributed by atoms with Crippen LogP contribution in [0, 0.1) is 17.1 Å². The van der Waals surface area contributed by atoms with E-state index >= 15 is 0 Å². The highest BCUT2D eigenvalue weighted by Crippen LogP contribution is 2.29. The molecule has 5 nitrogen and oxygen atoms in total. The molecule has 112 valence electrons. The van der Waals surface area contributed by atoms with Gasteiger partial charge >= 0.3 is 5.97 Å². The fraction of sp³-hybridized carbons (Fsp3) is 0.250. The molecule has 0 amide bonds. The molecule has 0 N–H and O–H groups in total. The zero-order chi connectivity index (χ0) is 15.7. The predicted octanol–water partition coefficient (Wildman–Crippen LogP) is 2.20. The van der Waals surface area contributed by atoms with Crippen molar-refractivity contribution in [2.45, 2.75) is 12.5 Å². The maximum Gasteiger partial charge on any atom is 0.355 e. The summed E-state index contributed by atoms with van der Waals surface area (Å²) in [6.45, 7) is 0.0716. The topological polar surface area (TPSA) is 64.2 Å². The Morgan fingerprint density at radius 3 is 3.09 bits per heavy atom. The minimum absolute atomic E-state index is 0.0716. The summed E-state index contributed by atoms with van der Waals surface area (Å²) in [6.07, 6.45) is 1.73. The molecule has 0 bridgehead atoms. The summed E-state index contributed by atoms with van der Waals surface area (Å²) in [4.78, 5) is 12.0. The number of ether oxygens (including phenoxy) is 2. The SMILES string of the molecule is Cn1cc(C#N)cc1C(=O)OCC1Cc2cc(F)ccc2O1. The lowest BCUT2D eigenvalue weighted by Gasteiger charge is -2.11. The van der Waals surface area contributed by atoms with Crippen LogP contribution in [0.4, 0.5) is 4.39 Å². The number of hydrogen-bond acceptors (Lipinski definition) is 4. The fourth-order valence-electron chi connectivity index (χ4n) is 2.45. The van der Waals surface area contributed by atoms with Gasteiger partial charge in [-0.25, -0.2) is 9.18 Å². The highest BCUT2D eigenvalue weighted by Gasteiger charge is 2.25. The van der Waals surface area contributed by atoms with Crippen LogP contribution in [-0.4, -0.2) is 23.2 Å². The molecule has 1 aromatic heterocycles. The average Bonchev–Trinajstić information content (AvgIpc) is 3.07. The number of fused-ring (bicyclic) bond motifs is 1. The molecule has 6 heteroatoms. The van der Waals surface area contributed by atoms with Crippen LogP contribution in [0.3, 0.4) is 0 Å². The number of benzene rings is 1. The molecule has 2 heterocycles. The average molecular weight is 300 g/mol. The molecular weight excluding hydrogens is 287 g/mol. The van der Waals surface area contributed by atoms with Crippen molar-refractivity contribution in [3.05, 3.63) is 53.1 Å². The van der Waals surface area contributed by atoms with Gasteiger partial charge in [0.1, 0.15) is 36.0 Å². The third kappa shape index (κ3) is 2.66. The highest BCUT2D eigenvalue weighted by molar-refractivity contribution is 5.88. The van der Waals surface area contributed by atoms with Crippen LogP contribution in [0.15, 0.2) is 30.5 Å². The van der Waals surface area contributed by atoms with Crippen molar-refractivity contribution in [3.8, 4) is 11.8 Å². The summed E-state index contributed by atoms with van der Waals surface area (Å²) in [5, 5.41) is 8.82. The summed E-state index contributed by atoms with van der Waals surface area (Å²) in [6, 6.07) is 7.77. The smallest absolute Gasteiger partial charge is 0.355 e. The largest absolute Gasteiger partial charge is 0.486 e. The van der Waals surface area contributed by atoms with Crippen molar-refractivity contribution in [2.75, 3.05) is 6.61 Å². The number of esters is 1. The molecule has 0 saturated heterocycles. The van der Waals surface area contributed by atoms with Crippen LogP contribution in [0.25, 0.3) is 0 Å². The van der Waals surface area contributed by atoms with E-state index in [4.69, 9.17) is 14.7 Å². The van der Waals surface area contributed by atoms with Crippen molar-refractivity contribution in [1.82, 2.24) is 4.57 Å². The first-order valence-corrected chi connectivity index (χ1v) is 6.75. The maximum absolute atomic E-state index is 13.1. The second-order valence-corrected chi connectivity index (χ2v) is 5.13. The summed E-state index contributed by atoms with van der Waals surface area (Å²) in [5.74, 6) is -0.212. The number of hydrogen-bond donors (Lipinski definition) is 0. The Morgan fingerprint density at radius 1 is 1.55 bits per heavy atom. The van der Waals surface area contributed by atoms with E-state index in [2.05, 4.69) is 0 Å². The molecule has 0 aliphatic carbocycles. The second-order valence-electron chi connectivity index (χ2n) is 5.13. The number of carbonyl (C=O) groups is 1. The van der Waals surface area contributed by atoms with Gasteiger partial charge < -0.3 is 14.0 Å². The van der Waals surface area contributed by atoms with Gasteiger partial charge in [0.25, 0.3) is 0 Å². The van der Waals surface area contributed by atoms with E-state index in [1.165, 1.54) is 18.2 Å². The molecule has 1 aromatic carbocycles. The lowest BCUT2D eigenvalue weighted by atomic mass is 10.1. The van der Waals surface area contributed by atoms with Crippen molar-refractivity contribution in [2.24, 2.45) is 7.05 Å². The van der Waals surface area contributed by atoms with E-state index in [0.717, 1.165) is 5.56 Å². The van der Waals surface area contributed by atoms with Crippen molar-refractivity contribution in [3.63, 3.8) is 0 Å². The van der Waals surface area contributed by atoms with Gasteiger partial charge in [-0.15, -0.1) is 0 Å². The van der Waals surface area contributed by atoms with Gasteiger partial charge in [0.2, 0.25) is 0 Å². The Hall–Kier alpha value is -2.81. The number of nitriles is 1. The molecule has 2 aromatic rings.